The van der Waals surface area contributed by atoms with Crippen LogP contribution >= 0.6 is 0 Å². The topological polar surface area (TPSA) is 67.2 Å². The largest absolute Gasteiger partial charge is 0.350 e. The van der Waals surface area contributed by atoms with Gasteiger partial charge in [0.2, 0.25) is 0 Å². The molecule has 3 heterocycles. The van der Waals surface area contributed by atoms with E-state index in [4.69, 9.17) is 0 Å². The highest BCUT2D eigenvalue weighted by atomic mass is 16.1. The van der Waals surface area contributed by atoms with E-state index in [9.17, 15) is 9.59 Å². The minimum Gasteiger partial charge on any atom is -0.350 e. The Hall–Kier alpha value is -2.21. The average molecular weight is 354 g/mol. The lowest BCUT2D eigenvalue weighted by Gasteiger charge is -2.23. The van der Waals surface area contributed by atoms with E-state index in [1.807, 2.05) is 0 Å². The second-order valence-electron chi connectivity index (χ2n) is 7.31. The van der Waals surface area contributed by atoms with Gasteiger partial charge >= 0.3 is 0 Å². The fourth-order valence-corrected chi connectivity index (χ4v) is 4.24. The molecule has 138 valence electrons. The molecule has 0 aliphatic carbocycles. The van der Waals surface area contributed by atoms with E-state index in [0.717, 1.165) is 51.1 Å². The van der Waals surface area contributed by atoms with Gasteiger partial charge in [-0.25, -0.2) is 4.98 Å². The highest BCUT2D eigenvalue weighted by Crippen LogP contribution is 2.18. The van der Waals surface area contributed by atoms with Crippen molar-refractivity contribution < 1.29 is 4.79 Å². The zero-order valence-electron chi connectivity index (χ0n) is 15.3. The molecule has 1 aromatic heterocycles. The van der Waals surface area contributed by atoms with Crippen LogP contribution < -0.4 is 10.9 Å². The number of aromatic nitrogens is 2. The zero-order chi connectivity index (χ0) is 18.1. The van der Waals surface area contributed by atoms with E-state index in [0.29, 0.717) is 29.1 Å². The zero-order valence-corrected chi connectivity index (χ0v) is 15.3. The number of nitrogens with zero attached hydrogens (tertiary/aromatic N) is 3. The lowest BCUT2D eigenvalue weighted by molar-refractivity contribution is 0.0941. The molecule has 2 aliphatic heterocycles. The first-order valence-electron chi connectivity index (χ1n) is 9.73. The number of hydrogen-bond donors (Lipinski definition) is 1. The fourth-order valence-electron chi connectivity index (χ4n) is 4.24. The summed E-state index contributed by atoms with van der Waals surface area (Å²) in [5.74, 6) is 0.755. The Morgan fingerprint density at radius 1 is 1.27 bits per heavy atom. The lowest BCUT2D eigenvalue weighted by Crippen LogP contribution is -2.40. The number of fused-ring (bicyclic) bond motifs is 2. The van der Waals surface area contributed by atoms with E-state index < -0.39 is 0 Å². The molecule has 1 atom stereocenters. The summed E-state index contributed by atoms with van der Waals surface area (Å²) in [5, 5.41) is 3.65. The Morgan fingerprint density at radius 2 is 2.15 bits per heavy atom. The van der Waals surface area contributed by atoms with Crippen LogP contribution in [0.15, 0.2) is 23.0 Å². The SMILES string of the molecule is CCN1CCCC1CNC(=O)c1ccc2c(=O)n3c(nc2c1)CCCC3. The van der Waals surface area contributed by atoms with Crippen molar-refractivity contribution in [3.05, 3.63) is 39.9 Å². The summed E-state index contributed by atoms with van der Waals surface area (Å²) >= 11 is 0. The van der Waals surface area contributed by atoms with Gasteiger partial charge in [-0.2, -0.15) is 0 Å². The Balaban J connectivity index is 1.55. The number of nitrogens with one attached hydrogen (secondary N) is 1. The maximum absolute atomic E-state index is 12.6. The minimum absolute atomic E-state index is 0.0150. The first kappa shape index (κ1) is 17.2. The van der Waals surface area contributed by atoms with Crippen LogP contribution in [0.5, 0.6) is 0 Å². The lowest BCUT2D eigenvalue weighted by atomic mass is 10.1. The first-order valence-corrected chi connectivity index (χ1v) is 9.73. The fraction of sp³-hybridized carbons (Fsp3) is 0.550. The van der Waals surface area contributed by atoms with Crippen molar-refractivity contribution in [1.82, 2.24) is 19.8 Å². The standard InChI is InChI=1S/C20H26N4O2/c1-2-23-10-5-6-15(23)13-21-19(25)14-8-9-16-17(12-14)22-18-7-3-4-11-24(18)20(16)26/h8-9,12,15H,2-7,10-11,13H2,1H3,(H,21,25). The quantitative estimate of drug-likeness (QED) is 0.911. The van der Waals surface area contributed by atoms with Crippen LogP contribution in [0.4, 0.5) is 0 Å². The van der Waals surface area contributed by atoms with Gasteiger partial charge in [-0.05, 0) is 57.0 Å². The van der Waals surface area contributed by atoms with Crippen LogP contribution in [0.1, 0.15) is 48.8 Å². The molecule has 1 saturated heterocycles. The molecule has 2 aromatic rings. The van der Waals surface area contributed by atoms with Gasteiger partial charge in [0.25, 0.3) is 11.5 Å². The molecule has 1 unspecified atom stereocenters. The van der Waals surface area contributed by atoms with Crippen LogP contribution in [0.3, 0.4) is 0 Å². The third-order valence-corrected chi connectivity index (χ3v) is 5.73. The van der Waals surface area contributed by atoms with E-state index in [-0.39, 0.29) is 11.5 Å². The number of likely N-dealkylation sites (N-methyl/N-ethyl adjacent to an activating group) is 1. The molecule has 1 fully saturated rings. The Kier molecular flexibility index (Phi) is 4.76. The smallest absolute Gasteiger partial charge is 0.261 e. The molecule has 0 spiro atoms. The van der Waals surface area contributed by atoms with Crippen molar-refractivity contribution in [2.75, 3.05) is 19.6 Å². The van der Waals surface area contributed by atoms with Gasteiger partial charge < -0.3 is 5.32 Å². The second-order valence-corrected chi connectivity index (χ2v) is 7.31. The Bertz CT molecular complexity index is 889. The number of aryl methyl sites for hydroxylation is 1. The predicted octanol–water partition coefficient (Wildman–Crippen LogP) is 1.95. The number of rotatable bonds is 4. The summed E-state index contributed by atoms with van der Waals surface area (Å²) in [5.41, 5.74) is 1.22. The number of benzene rings is 1. The molecule has 0 bridgehead atoms. The molecule has 0 radical (unpaired) electrons. The van der Waals surface area contributed by atoms with Gasteiger partial charge in [-0.1, -0.05) is 6.92 Å². The number of carbonyl (C=O) groups is 1. The monoisotopic (exact) mass is 354 g/mol. The van der Waals surface area contributed by atoms with Crippen molar-refractivity contribution in [3.8, 4) is 0 Å². The molecule has 0 saturated carbocycles. The molecule has 6 nitrogen and oxygen atoms in total. The Labute approximate surface area is 153 Å². The molecule has 6 heteroatoms. The third-order valence-electron chi connectivity index (χ3n) is 5.73. The summed E-state index contributed by atoms with van der Waals surface area (Å²) in [4.78, 5) is 32.3. The maximum atomic E-state index is 12.6. The maximum Gasteiger partial charge on any atom is 0.261 e. The van der Waals surface area contributed by atoms with Crippen molar-refractivity contribution >= 4 is 16.8 Å². The normalized spacial score (nSPS) is 20.3. The van der Waals surface area contributed by atoms with Gasteiger partial charge in [0.05, 0.1) is 10.9 Å². The molecule has 4 rings (SSSR count). The average Bonchev–Trinajstić information content (AvgIpc) is 3.13. The molecule has 1 aromatic carbocycles. The van der Waals surface area contributed by atoms with E-state index in [1.54, 1.807) is 22.8 Å². The number of carbonyl (C=O) groups excluding carboxylic acids is 1. The summed E-state index contributed by atoms with van der Waals surface area (Å²) in [6.45, 7) is 5.72. The first-order chi connectivity index (χ1) is 12.7. The highest BCUT2D eigenvalue weighted by molar-refractivity contribution is 5.97. The van der Waals surface area contributed by atoms with Gasteiger partial charge in [0, 0.05) is 31.1 Å². The van der Waals surface area contributed by atoms with E-state index in [1.165, 1.54) is 6.42 Å². The van der Waals surface area contributed by atoms with Crippen molar-refractivity contribution in [2.45, 2.75) is 51.6 Å². The summed E-state index contributed by atoms with van der Waals surface area (Å²) in [7, 11) is 0. The van der Waals surface area contributed by atoms with Crippen molar-refractivity contribution in [3.63, 3.8) is 0 Å². The minimum atomic E-state index is -0.0884. The molecular weight excluding hydrogens is 328 g/mol. The van der Waals surface area contributed by atoms with Gasteiger partial charge in [0.15, 0.2) is 0 Å². The third kappa shape index (κ3) is 3.14. The van der Waals surface area contributed by atoms with Crippen molar-refractivity contribution in [1.29, 1.82) is 0 Å². The van der Waals surface area contributed by atoms with Crippen molar-refractivity contribution in [2.24, 2.45) is 0 Å². The summed E-state index contributed by atoms with van der Waals surface area (Å²) in [6, 6.07) is 5.67. The van der Waals surface area contributed by atoms with Crippen LogP contribution in [0, 0.1) is 0 Å². The number of likely N-dealkylation sites (tertiary alicyclic amines) is 1. The van der Waals surface area contributed by atoms with Crippen LogP contribution in [0.2, 0.25) is 0 Å². The number of amides is 1. The summed E-state index contributed by atoms with van der Waals surface area (Å²) < 4.78 is 1.78. The summed E-state index contributed by atoms with van der Waals surface area (Å²) in [6.07, 6.45) is 5.25. The van der Waals surface area contributed by atoms with Crippen LogP contribution in [-0.4, -0.2) is 46.0 Å². The van der Waals surface area contributed by atoms with E-state index in [2.05, 4.69) is 22.1 Å². The van der Waals surface area contributed by atoms with Crippen LogP contribution in [-0.2, 0) is 13.0 Å². The van der Waals surface area contributed by atoms with Gasteiger partial charge in [-0.15, -0.1) is 0 Å². The number of hydrogen-bond acceptors (Lipinski definition) is 4. The predicted molar refractivity (Wildman–Crippen MR) is 102 cm³/mol. The molecule has 1 amide bonds. The molecule has 2 aliphatic rings. The highest BCUT2D eigenvalue weighted by Gasteiger charge is 2.23. The molecule has 26 heavy (non-hydrogen) atoms. The molecule has 1 N–H and O–H groups in total. The molecular formula is C20H26N4O2. The van der Waals surface area contributed by atoms with Gasteiger partial charge in [0.1, 0.15) is 5.82 Å². The van der Waals surface area contributed by atoms with Gasteiger partial charge in [-0.3, -0.25) is 19.1 Å². The van der Waals surface area contributed by atoms with Crippen LogP contribution in [0.25, 0.3) is 10.9 Å². The van der Waals surface area contributed by atoms with E-state index >= 15 is 0 Å². The second kappa shape index (κ2) is 7.19. The Morgan fingerprint density at radius 3 is 3.00 bits per heavy atom.